The molecule has 1 aromatic heterocycles. The minimum Gasteiger partial charge on any atom is -0.353 e. The highest BCUT2D eigenvalue weighted by Crippen LogP contribution is 2.16. The second-order valence-corrected chi connectivity index (χ2v) is 8.04. The van der Waals surface area contributed by atoms with Crippen molar-refractivity contribution in [3.63, 3.8) is 0 Å². The summed E-state index contributed by atoms with van der Waals surface area (Å²) in [5.74, 6) is -1.05. The number of rotatable bonds is 8. The van der Waals surface area contributed by atoms with Crippen molar-refractivity contribution in [1.29, 1.82) is 0 Å². The highest BCUT2D eigenvalue weighted by atomic mass is 19.2. The van der Waals surface area contributed by atoms with Crippen molar-refractivity contribution in [1.82, 2.24) is 30.4 Å². The van der Waals surface area contributed by atoms with Crippen LogP contribution in [0.2, 0.25) is 0 Å². The summed E-state index contributed by atoms with van der Waals surface area (Å²) in [6.45, 7) is 2.71. The summed E-state index contributed by atoms with van der Waals surface area (Å²) in [4.78, 5) is 16.0. The molecule has 2 heterocycles. The first kappa shape index (κ1) is 22.0. The first-order valence-electron chi connectivity index (χ1n) is 10.9. The van der Waals surface area contributed by atoms with Gasteiger partial charge in [-0.15, -0.1) is 10.2 Å². The lowest BCUT2D eigenvalue weighted by atomic mass is 10.0. The topological polar surface area (TPSA) is 75.9 Å². The van der Waals surface area contributed by atoms with Crippen LogP contribution < -0.4 is 5.32 Å². The summed E-state index contributed by atoms with van der Waals surface area (Å²) >= 11 is 0. The molecule has 0 atom stereocenters. The van der Waals surface area contributed by atoms with E-state index in [4.69, 9.17) is 0 Å². The van der Waals surface area contributed by atoms with Gasteiger partial charge in [0, 0.05) is 37.7 Å². The summed E-state index contributed by atoms with van der Waals surface area (Å²) in [5.41, 5.74) is 1.66. The molecule has 0 saturated carbocycles. The van der Waals surface area contributed by atoms with E-state index in [9.17, 15) is 13.6 Å². The monoisotopic (exact) mass is 440 g/mol. The van der Waals surface area contributed by atoms with E-state index in [1.54, 1.807) is 6.07 Å². The van der Waals surface area contributed by atoms with E-state index in [0.29, 0.717) is 31.8 Å². The van der Waals surface area contributed by atoms with Crippen molar-refractivity contribution < 1.29 is 13.6 Å². The second kappa shape index (κ2) is 10.4. The van der Waals surface area contributed by atoms with E-state index in [-0.39, 0.29) is 11.9 Å². The summed E-state index contributed by atoms with van der Waals surface area (Å²) < 4.78 is 26.4. The van der Waals surface area contributed by atoms with Gasteiger partial charge in [0.2, 0.25) is 11.7 Å². The summed E-state index contributed by atoms with van der Waals surface area (Å²) in [5, 5.41) is 15.6. The van der Waals surface area contributed by atoms with Crippen LogP contribution in [0.3, 0.4) is 0 Å². The number of benzene rings is 2. The van der Waals surface area contributed by atoms with Crippen molar-refractivity contribution in [3.8, 4) is 11.4 Å². The molecule has 0 aliphatic carbocycles. The van der Waals surface area contributed by atoms with Gasteiger partial charge < -0.3 is 5.32 Å². The number of nitrogens with one attached hydrogen (secondary N) is 1. The molecule has 1 saturated heterocycles. The number of piperidine rings is 1. The predicted molar refractivity (Wildman–Crippen MR) is 115 cm³/mol. The molecule has 168 valence electrons. The van der Waals surface area contributed by atoms with Crippen LogP contribution in [0.25, 0.3) is 11.4 Å². The van der Waals surface area contributed by atoms with Gasteiger partial charge >= 0.3 is 0 Å². The summed E-state index contributed by atoms with van der Waals surface area (Å²) in [6, 6.07) is 13.8. The smallest absolute Gasteiger partial charge is 0.220 e. The highest BCUT2D eigenvalue weighted by Gasteiger charge is 2.21. The van der Waals surface area contributed by atoms with E-state index in [0.717, 1.165) is 43.1 Å². The normalized spacial score (nSPS) is 15.1. The number of carbonyl (C=O) groups is 1. The molecule has 1 aliphatic heterocycles. The highest BCUT2D eigenvalue weighted by molar-refractivity contribution is 5.76. The number of carbonyl (C=O) groups excluding carboxylic acids is 1. The van der Waals surface area contributed by atoms with Gasteiger partial charge in [0.15, 0.2) is 11.6 Å². The Kier molecular flexibility index (Phi) is 7.16. The van der Waals surface area contributed by atoms with Crippen LogP contribution in [0.4, 0.5) is 8.78 Å². The molecule has 7 nitrogen and oxygen atoms in total. The largest absolute Gasteiger partial charge is 0.353 e. The van der Waals surface area contributed by atoms with Crippen molar-refractivity contribution in [2.45, 2.75) is 44.8 Å². The molecule has 1 amide bonds. The fourth-order valence-corrected chi connectivity index (χ4v) is 3.85. The van der Waals surface area contributed by atoms with E-state index >= 15 is 0 Å². The minimum atomic E-state index is -0.827. The number of amides is 1. The number of likely N-dealkylation sites (tertiary alicyclic amines) is 1. The maximum atomic E-state index is 13.4. The third-order valence-corrected chi connectivity index (χ3v) is 5.59. The van der Waals surface area contributed by atoms with Gasteiger partial charge in [0.25, 0.3) is 0 Å². The standard InChI is InChI=1S/C23H26F2N6O/c24-20-9-8-17(15-21(20)25)16-30-13-10-19(11-14-30)26-22(32)7-4-12-31-28-23(27-29-31)18-5-2-1-3-6-18/h1-3,5-6,8-9,15,19H,4,7,10-14,16H2,(H,26,32). The lowest BCUT2D eigenvalue weighted by Crippen LogP contribution is -2.44. The van der Waals surface area contributed by atoms with Gasteiger partial charge in [-0.05, 0) is 42.2 Å². The third-order valence-electron chi connectivity index (χ3n) is 5.59. The second-order valence-electron chi connectivity index (χ2n) is 8.04. The number of hydrogen-bond acceptors (Lipinski definition) is 5. The Morgan fingerprint density at radius 1 is 1.06 bits per heavy atom. The number of nitrogens with zero attached hydrogens (tertiary/aromatic N) is 5. The Labute approximate surface area is 185 Å². The van der Waals surface area contributed by atoms with Gasteiger partial charge in [-0.1, -0.05) is 36.4 Å². The first-order chi connectivity index (χ1) is 15.6. The van der Waals surface area contributed by atoms with Crippen molar-refractivity contribution in [2.75, 3.05) is 13.1 Å². The Balaban J connectivity index is 1.15. The van der Waals surface area contributed by atoms with Gasteiger partial charge in [-0.2, -0.15) is 4.80 Å². The zero-order valence-corrected chi connectivity index (χ0v) is 17.8. The van der Waals surface area contributed by atoms with Gasteiger partial charge in [-0.3, -0.25) is 9.69 Å². The van der Waals surface area contributed by atoms with Crippen LogP contribution >= 0.6 is 0 Å². The van der Waals surface area contributed by atoms with Crippen LogP contribution in [0.1, 0.15) is 31.2 Å². The van der Waals surface area contributed by atoms with Gasteiger partial charge in [-0.25, -0.2) is 8.78 Å². The molecule has 4 rings (SSSR count). The molecule has 0 spiro atoms. The minimum absolute atomic E-state index is 0.0208. The molecule has 1 fully saturated rings. The molecule has 0 unspecified atom stereocenters. The zero-order chi connectivity index (χ0) is 22.3. The van der Waals surface area contributed by atoms with Crippen LogP contribution in [-0.4, -0.2) is 50.1 Å². The van der Waals surface area contributed by atoms with Crippen molar-refractivity contribution >= 4 is 5.91 Å². The molecular weight excluding hydrogens is 414 g/mol. The van der Waals surface area contributed by atoms with Crippen LogP contribution in [0.5, 0.6) is 0 Å². The maximum Gasteiger partial charge on any atom is 0.220 e. The fourth-order valence-electron chi connectivity index (χ4n) is 3.85. The number of halogens is 2. The number of aromatic nitrogens is 4. The summed E-state index contributed by atoms with van der Waals surface area (Å²) in [7, 11) is 0. The number of tetrazole rings is 1. The zero-order valence-electron chi connectivity index (χ0n) is 17.8. The summed E-state index contributed by atoms with van der Waals surface area (Å²) in [6.07, 6.45) is 2.70. The molecule has 1 aliphatic rings. The molecule has 1 N–H and O–H groups in total. The lowest BCUT2D eigenvalue weighted by Gasteiger charge is -2.32. The van der Waals surface area contributed by atoms with Crippen molar-refractivity contribution in [3.05, 3.63) is 65.7 Å². The molecule has 9 heteroatoms. The molecule has 32 heavy (non-hydrogen) atoms. The average Bonchev–Trinajstić information content (AvgIpc) is 3.27. The Hall–Kier alpha value is -3.20. The van der Waals surface area contributed by atoms with Crippen LogP contribution in [0, 0.1) is 11.6 Å². The van der Waals surface area contributed by atoms with Gasteiger partial charge in [0.1, 0.15) is 0 Å². The molecule has 0 radical (unpaired) electrons. The van der Waals surface area contributed by atoms with E-state index in [1.807, 2.05) is 30.3 Å². The predicted octanol–water partition coefficient (Wildman–Crippen LogP) is 3.18. The maximum absolute atomic E-state index is 13.4. The van der Waals surface area contributed by atoms with E-state index in [1.165, 1.54) is 10.9 Å². The van der Waals surface area contributed by atoms with E-state index < -0.39 is 11.6 Å². The average molecular weight is 440 g/mol. The quantitative estimate of drug-likeness (QED) is 0.582. The fraction of sp³-hybridized carbons (Fsp3) is 0.391. The Morgan fingerprint density at radius 3 is 2.59 bits per heavy atom. The molecule has 3 aromatic rings. The van der Waals surface area contributed by atoms with Crippen LogP contribution in [0.15, 0.2) is 48.5 Å². The first-order valence-corrected chi connectivity index (χ1v) is 10.9. The SMILES string of the molecule is O=C(CCCn1nnc(-c2ccccc2)n1)NC1CCN(Cc2ccc(F)c(F)c2)CC1. The van der Waals surface area contributed by atoms with Crippen LogP contribution in [-0.2, 0) is 17.9 Å². The Bertz CT molecular complexity index is 1030. The van der Waals surface area contributed by atoms with Crippen molar-refractivity contribution in [2.24, 2.45) is 0 Å². The molecule has 0 bridgehead atoms. The van der Waals surface area contributed by atoms with Gasteiger partial charge in [0.05, 0.1) is 6.54 Å². The lowest BCUT2D eigenvalue weighted by molar-refractivity contribution is -0.122. The number of aryl methyl sites for hydroxylation is 1. The van der Waals surface area contributed by atoms with E-state index in [2.05, 4.69) is 25.6 Å². The Morgan fingerprint density at radius 2 is 1.84 bits per heavy atom. The third kappa shape index (κ3) is 5.94. The molecule has 2 aromatic carbocycles. The molecular formula is C23H26F2N6O. The number of hydrogen-bond donors (Lipinski definition) is 1.